The maximum atomic E-state index is 14.1. The molecule has 0 bridgehead atoms. The zero-order chi connectivity index (χ0) is 15.5. The van der Waals surface area contributed by atoms with Crippen molar-refractivity contribution >= 4 is 6.09 Å². The Bertz CT molecular complexity index is 494. The van der Waals surface area contributed by atoms with Crippen molar-refractivity contribution in [1.82, 2.24) is 5.32 Å². The summed E-state index contributed by atoms with van der Waals surface area (Å²) in [6, 6.07) is 2.31. The van der Waals surface area contributed by atoms with E-state index < -0.39 is 35.5 Å². The first-order chi connectivity index (χ1) is 9.21. The minimum atomic E-state index is -3.74. The molecule has 112 valence electrons. The van der Waals surface area contributed by atoms with Crippen LogP contribution in [0.3, 0.4) is 0 Å². The Morgan fingerprint density at radius 1 is 1.45 bits per heavy atom. The van der Waals surface area contributed by atoms with Crippen LogP contribution in [0.25, 0.3) is 0 Å². The van der Waals surface area contributed by atoms with Gasteiger partial charge in [-0.1, -0.05) is 19.1 Å². The fourth-order valence-corrected chi connectivity index (χ4v) is 1.84. The average Bonchev–Trinajstić information content (AvgIpc) is 2.36. The smallest absolute Gasteiger partial charge is 0.405 e. The second-order valence-corrected chi connectivity index (χ2v) is 4.43. The van der Waals surface area contributed by atoms with Crippen molar-refractivity contribution in [1.29, 1.82) is 0 Å². The summed E-state index contributed by atoms with van der Waals surface area (Å²) in [7, 11) is 0. The molecule has 0 spiro atoms. The third-order valence-corrected chi connectivity index (χ3v) is 3.00. The van der Waals surface area contributed by atoms with Crippen molar-refractivity contribution in [3.63, 3.8) is 0 Å². The lowest BCUT2D eigenvalue weighted by molar-refractivity contribution is -0.118. The van der Waals surface area contributed by atoms with Crippen LogP contribution in [0.2, 0.25) is 0 Å². The molecule has 1 amide bonds. The first-order valence-electron chi connectivity index (χ1n) is 6.06. The summed E-state index contributed by atoms with van der Waals surface area (Å²) in [6.45, 7) is 2.69. The van der Waals surface area contributed by atoms with Crippen LogP contribution >= 0.6 is 0 Å². The summed E-state index contributed by atoms with van der Waals surface area (Å²) in [4.78, 5) is 10.5. The van der Waals surface area contributed by atoms with Crippen LogP contribution in [0.5, 0.6) is 0 Å². The number of carbonyl (C=O) groups is 1. The molecule has 7 heteroatoms. The topological polar surface area (TPSA) is 69.6 Å². The standard InChI is InChI=1S/C13H16F3NO3/c1-3-10(18)13(15,16)9-6-4-5-8(11(9)14)7(2)17-12(19)20/h4-7,10,17-18H,3H2,1-2H3,(H,19,20)/t7-,10?/m1/s1. The monoisotopic (exact) mass is 291 g/mol. The molecule has 0 saturated heterocycles. The van der Waals surface area contributed by atoms with Gasteiger partial charge in [0.2, 0.25) is 0 Å². The van der Waals surface area contributed by atoms with Crippen molar-refractivity contribution in [2.75, 3.05) is 0 Å². The highest BCUT2D eigenvalue weighted by Gasteiger charge is 2.42. The predicted octanol–water partition coefficient (Wildman–Crippen LogP) is 3.02. The zero-order valence-electron chi connectivity index (χ0n) is 11.0. The summed E-state index contributed by atoms with van der Waals surface area (Å²) >= 11 is 0. The molecule has 2 atom stereocenters. The number of alkyl halides is 2. The molecule has 1 aromatic rings. The molecule has 1 rings (SSSR count). The molecule has 0 aliphatic rings. The summed E-state index contributed by atoms with van der Waals surface area (Å²) in [5, 5.41) is 19.9. The molecule has 1 aromatic carbocycles. The fraction of sp³-hybridized carbons (Fsp3) is 0.462. The number of aliphatic hydroxyl groups is 1. The lowest BCUT2D eigenvalue weighted by Crippen LogP contribution is -2.32. The molecule has 1 unspecified atom stereocenters. The number of halogens is 3. The predicted molar refractivity (Wildman–Crippen MR) is 66.2 cm³/mol. The zero-order valence-corrected chi connectivity index (χ0v) is 11.0. The summed E-state index contributed by atoms with van der Waals surface area (Å²) in [5.74, 6) is -4.95. The lowest BCUT2D eigenvalue weighted by Gasteiger charge is -2.24. The van der Waals surface area contributed by atoms with Gasteiger partial charge in [0.1, 0.15) is 11.9 Å². The molecule has 3 N–H and O–H groups in total. The molecule has 0 fully saturated rings. The van der Waals surface area contributed by atoms with E-state index in [0.717, 1.165) is 6.07 Å². The van der Waals surface area contributed by atoms with Gasteiger partial charge in [-0.2, -0.15) is 8.78 Å². The van der Waals surface area contributed by atoms with Gasteiger partial charge in [-0.3, -0.25) is 0 Å². The first kappa shape index (κ1) is 16.3. The van der Waals surface area contributed by atoms with E-state index in [1.165, 1.54) is 26.0 Å². The van der Waals surface area contributed by atoms with Gasteiger partial charge in [0, 0.05) is 5.56 Å². The van der Waals surface area contributed by atoms with E-state index in [0.29, 0.717) is 0 Å². The van der Waals surface area contributed by atoms with E-state index in [2.05, 4.69) is 0 Å². The molecule has 0 aromatic heterocycles. The molecule has 0 aliphatic heterocycles. The average molecular weight is 291 g/mol. The highest BCUT2D eigenvalue weighted by atomic mass is 19.3. The molecule has 0 saturated carbocycles. The van der Waals surface area contributed by atoms with Crippen LogP contribution in [0.15, 0.2) is 18.2 Å². The van der Waals surface area contributed by atoms with E-state index in [-0.39, 0.29) is 12.0 Å². The second-order valence-electron chi connectivity index (χ2n) is 4.43. The van der Waals surface area contributed by atoms with E-state index in [1.807, 2.05) is 5.32 Å². The molecular weight excluding hydrogens is 275 g/mol. The number of nitrogens with one attached hydrogen (secondary N) is 1. The summed E-state index contributed by atoms with van der Waals surface area (Å²) in [6.07, 6.45) is -3.63. The maximum absolute atomic E-state index is 14.1. The molecular formula is C13H16F3NO3. The minimum absolute atomic E-state index is 0.201. The second kappa shape index (κ2) is 6.13. The summed E-state index contributed by atoms with van der Waals surface area (Å²) in [5.41, 5.74) is -1.14. The molecule has 4 nitrogen and oxygen atoms in total. The van der Waals surface area contributed by atoms with Crippen LogP contribution in [-0.2, 0) is 5.92 Å². The van der Waals surface area contributed by atoms with Crippen LogP contribution in [0.1, 0.15) is 37.4 Å². The maximum Gasteiger partial charge on any atom is 0.405 e. The largest absolute Gasteiger partial charge is 0.465 e. The summed E-state index contributed by atoms with van der Waals surface area (Å²) < 4.78 is 41.9. The number of benzene rings is 1. The number of rotatable bonds is 5. The molecule has 20 heavy (non-hydrogen) atoms. The number of hydrogen-bond donors (Lipinski definition) is 3. The van der Waals surface area contributed by atoms with Gasteiger partial charge in [0.25, 0.3) is 0 Å². The number of amides is 1. The van der Waals surface area contributed by atoms with E-state index >= 15 is 0 Å². The molecule has 0 radical (unpaired) electrons. The van der Waals surface area contributed by atoms with Gasteiger partial charge in [-0.05, 0) is 19.4 Å². The molecule has 0 heterocycles. The van der Waals surface area contributed by atoms with Gasteiger partial charge in [0.05, 0.1) is 11.6 Å². The van der Waals surface area contributed by atoms with Gasteiger partial charge in [0.15, 0.2) is 0 Å². The van der Waals surface area contributed by atoms with Crippen molar-refractivity contribution < 1.29 is 28.2 Å². The number of hydrogen-bond acceptors (Lipinski definition) is 2. The van der Waals surface area contributed by atoms with Gasteiger partial charge >= 0.3 is 12.0 Å². The van der Waals surface area contributed by atoms with Crippen LogP contribution in [0, 0.1) is 5.82 Å². The fourth-order valence-electron chi connectivity index (χ4n) is 1.84. The van der Waals surface area contributed by atoms with E-state index in [9.17, 15) is 23.1 Å². The van der Waals surface area contributed by atoms with E-state index in [1.54, 1.807) is 0 Å². The van der Waals surface area contributed by atoms with Crippen molar-refractivity contribution in [2.45, 2.75) is 38.3 Å². The van der Waals surface area contributed by atoms with Gasteiger partial charge in [-0.25, -0.2) is 9.18 Å². The van der Waals surface area contributed by atoms with Crippen LogP contribution in [0.4, 0.5) is 18.0 Å². The highest BCUT2D eigenvalue weighted by Crippen LogP contribution is 2.36. The Hall–Kier alpha value is -1.76. The Kier molecular flexibility index (Phi) is 4.99. The normalized spacial score (nSPS) is 14.7. The first-order valence-corrected chi connectivity index (χ1v) is 6.06. The van der Waals surface area contributed by atoms with Gasteiger partial charge in [-0.15, -0.1) is 0 Å². The molecule has 0 aliphatic carbocycles. The van der Waals surface area contributed by atoms with Crippen LogP contribution < -0.4 is 5.32 Å². The van der Waals surface area contributed by atoms with Crippen molar-refractivity contribution in [2.24, 2.45) is 0 Å². The Balaban J connectivity index is 3.22. The number of carboxylic acid groups (broad SMARTS) is 1. The quantitative estimate of drug-likeness (QED) is 0.781. The Labute approximate surface area is 114 Å². The van der Waals surface area contributed by atoms with E-state index in [4.69, 9.17) is 5.11 Å². The van der Waals surface area contributed by atoms with Crippen molar-refractivity contribution in [3.05, 3.63) is 35.1 Å². The Morgan fingerprint density at radius 3 is 2.55 bits per heavy atom. The van der Waals surface area contributed by atoms with Crippen molar-refractivity contribution in [3.8, 4) is 0 Å². The third kappa shape index (κ3) is 3.22. The Morgan fingerprint density at radius 2 is 2.05 bits per heavy atom. The highest BCUT2D eigenvalue weighted by molar-refractivity contribution is 5.65. The third-order valence-electron chi connectivity index (χ3n) is 3.00. The number of aliphatic hydroxyl groups excluding tert-OH is 1. The minimum Gasteiger partial charge on any atom is -0.465 e. The lowest BCUT2D eigenvalue weighted by atomic mass is 9.96. The SMILES string of the molecule is CCC(O)C(F)(F)c1cccc([C@@H](C)NC(=O)O)c1F. The van der Waals surface area contributed by atoms with Gasteiger partial charge < -0.3 is 15.5 Å². The van der Waals surface area contributed by atoms with Crippen LogP contribution in [-0.4, -0.2) is 22.4 Å².